The van der Waals surface area contributed by atoms with Gasteiger partial charge in [-0.15, -0.1) is 22.7 Å². The fraction of sp³-hybridized carbons (Fsp3) is 0.360. The van der Waals surface area contributed by atoms with Crippen molar-refractivity contribution >= 4 is 41.0 Å². The molecule has 0 saturated carbocycles. The molecule has 32 heavy (non-hydrogen) atoms. The number of rotatable bonds is 4. The van der Waals surface area contributed by atoms with Crippen LogP contribution in [0, 0.1) is 26.7 Å². The lowest BCUT2D eigenvalue weighted by Gasteiger charge is -2.20. The molecule has 3 aliphatic rings. The lowest BCUT2D eigenvalue weighted by Crippen LogP contribution is -2.18. The van der Waals surface area contributed by atoms with Crippen molar-refractivity contribution in [3.63, 3.8) is 0 Å². The summed E-state index contributed by atoms with van der Waals surface area (Å²) >= 11 is 3.66. The van der Waals surface area contributed by atoms with Gasteiger partial charge in [0.1, 0.15) is 12.1 Å². The van der Waals surface area contributed by atoms with Gasteiger partial charge in [0.2, 0.25) is 0 Å². The summed E-state index contributed by atoms with van der Waals surface area (Å²) < 4.78 is 5.75. The van der Waals surface area contributed by atoms with Crippen LogP contribution in [0.4, 0.5) is 5.69 Å². The van der Waals surface area contributed by atoms with Crippen LogP contribution < -0.4 is 10.6 Å². The number of nitrogens with zero attached hydrogens (tertiary/aromatic N) is 2. The summed E-state index contributed by atoms with van der Waals surface area (Å²) in [6.07, 6.45) is 8.73. The Bertz CT molecular complexity index is 1270. The van der Waals surface area contributed by atoms with Crippen molar-refractivity contribution in [1.29, 1.82) is 0 Å². The molecule has 0 spiro atoms. The largest absolute Gasteiger partial charge is 0.464 e. The maximum atomic E-state index is 5.75. The summed E-state index contributed by atoms with van der Waals surface area (Å²) in [4.78, 5) is 12.2. The number of hydrogen-bond acceptors (Lipinski definition) is 7. The first-order valence-corrected chi connectivity index (χ1v) is 12.8. The first-order chi connectivity index (χ1) is 15.6. The third kappa shape index (κ3) is 3.18. The number of aryl methyl sites for hydroxylation is 1. The second-order valence-electron chi connectivity index (χ2n) is 8.99. The van der Waals surface area contributed by atoms with Gasteiger partial charge in [-0.1, -0.05) is 0 Å². The van der Waals surface area contributed by atoms with Gasteiger partial charge in [-0.3, -0.25) is 9.98 Å². The molecular formula is C25H26N4OS2. The average Bonchev–Trinajstić information content (AvgIpc) is 3.57. The molecule has 3 aromatic heterocycles. The van der Waals surface area contributed by atoms with Crippen LogP contribution in [-0.4, -0.2) is 12.7 Å². The number of allylic oxidation sites excluding steroid dienone is 1. The Balaban J connectivity index is 1.21. The Morgan fingerprint density at radius 2 is 1.75 bits per heavy atom. The monoisotopic (exact) mass is 462 g/mol. The third-order valence-corrected chi connectivity index (χ3v) is 9.52. The molecule has 1 aliphatic carbocycles. The smallest absolute Gasteiger partial charge is 0.157 e. The van der Waals surface area contributed by atoms with E-state index in [1.807, 2.05) is 23.7 Å². The van der Waals surface area contributed by atoms with E-state index in [0.717, 1.165) is 30.7 Å². The molecular weight excluding hydrogens is 436 g/mol. The van der Waals surface area contributed by atoms with E-state index in [4.69, 9.17) is 9.41 Å². The number of aliphatic imine (C=N–C) groups is 2. The molecule has 3 unspecified atom stereocenters. The van der Waals surface area contributed by atoms with Crippen LogP contribution >= 0.6 is 22.7 Å². The second kappa shape index (κ2) is 7.74. The summed E-state index contributed by atoms with van der Waals surface area (Å²) in [5.74, 6) is 1.52. The van der Waals surface area contributed by atoms with Crippen molar-refractivity contribution in [2.75, 3.05) is 5.32 Å². The van der Waals surface area contributed by atoms with E-state index >= 15 is 0 Å². The molecule has 6 rings (SSSR count). The van der Waals surface area contributed by atoms with Crippen LogP contribution in [0.15, 0.2) is 48.8 Å². The van der Waals surface area contributed by atoms with Gasteiger partial charge in [-0.05, 0) is 84.5 Å². The summed E-state index contributed by atoms with van der Waals surface area (Å²) in [6, 6.07) is 2.11. The summed E-state index contributed by atoms with van der Waals surface area (Å²) in [5, 5.41) is 11.2. The number of furan rings is 1. The fourth-order valence-electron chi connectivity index (χ4n) is 5.14. The minimum absolute atomic E-state index is 0.0422. The van der Waals surface area contributed by atoms with Crippen molar-refractivity contribution < 1.29 is 4.42 Å². The Hall–Kier alpha value is -2.64. The molecule has 7 heteroatoms. The van der Waals surface area contributed by atoms with E-state index in [9.17, 15) is 0 Å². The molecule has 0 bridgehead atoms. The van der Waals surface area contributed by atoms with Gasteiger partial charge in [0.15, 0.2) is 5.76 Å². The molecule has 2 N–H and O–H groups in total. The zero-order chi connectivity index (χ0) is 21.8. The molecule has 0 radical (unpaired) electrons. The van der Waals surface area contributed by atoms with Crippen LogP contribution in [0.25, 0.3) is 0 Å². The maximum absolute atomic E-state index is 5.75. The van der Waals surface area contributed by atoms with Crippen LogP contribution in [0.1, 0.15) is 62.7 Å². The highest BCUT2D eigenvalue weighted by molar-refractivity contribution is 7.10. The van der Waals surface area contributed by atoms with Gasteiger partial charge in [-0.2, -0.15) is 0 Å². The van der Waals surface area contributed by atoms with Gasteiger partial charge < -0.3 is 15.1 Å². The van der Waals surface area contributed by atoms with Crippen molar-refractivity contribution in [2.45, 2.75) is 52.1 Å². The molecule has 0 saturated heterocycles. The summed E-state index contributed by atoms with van der Waals surface area (Å²) in [5.41, 5.74) is 9.46. The molecule has 0 aromatic carbocycles. The number of thiophene rings is 2. The highest BCUT2D eigenvalue weighted by Gasteiger charge is 2.34. The predicted molar refractivity (Wildman–Crippen MR) is 133 cm³/mol. The van der Waals surface area contributed by atoms with E-state index in [-0.39, 0.29) is 12.1 Å². The highest BCUT2D eigenvalue weighted by atomic mass is 32.1. The lowest BCUT2D eigenvalue weighted by molar-refractivity contribution is 0.492. The van der Waals surface area contributed by atoms with Gasteiger partial charge in [-0.25, -0.2) is 0 Å². The van der Waals surface area contributed by atoms with Crippen LogP contribution in [0.2, 0.25) is 0 Å². The molecule has 0 amide bonds. The number of anilines is 1. The average molecular weight is 463 g/mol. The second-order valence-corrected chi connectivity index (χ2v) is 10.8. The van der Waals surface area contributed by atoms with E-state index in [1.165, 1.54) is 43.3 Å². The fourth-order valence-corrected chi connectivity index (χ4v) is 7.43. The van der Waals surface area contributed by atoms with E-state index in [0.29, 0.717) is 5.92 Å². The predicted octanol–water partition coefficient (Wildman–Crippen LogP) is 6.45. The van der Waals surface area contributed by atoms with E-state index < -0.39 is 0 Å². The molecule has 0 fully saturated rings. The number of hydrogen-bond donors (Lipinski definition) is 2. The van der Waals surface area contributed by atoms with Crippen LogP contribution in [-0.2, 0) is 6.42 Å². The minimum atomic E-state index is -0.0422. The third-order valence-electron chi connectivity index (χ3n) is 7.08. The molecule has 5 heterocycles. The molecule has 3 aromatic rings. The van der Waals surface area contributed by atoms with Gasteiger partial charge in [0.05, 0.1) is 24.6 Å². The zero-order valence-electron chi connectivity index (χ0n) is 18.4. The van der Waals surface area contributed by atoms with Crippen molar-refractivity contribution in [2.24, 2.45) is 15.9 Å². The molecule has 5 nitrogen and oxygen atoms in total. The van der Waals surface area contributed by atoms with Crippen molar-refractivity contribution in [1.82, 2.24) is 5.32 Å². The quantitative estimate of drug-likeness (QED) is 0.468. The minimum Gasteiger partial charge on any atom is -0.464 e. The maximum Gasteiger partial charge on any atom is 0.157 e. The van der Waals surface area contributed by atoms with Gasteiger partial charge >= 0.3 is 0 Å². The normalized spacial score (nSPS) is 23.8. The van der Waals surface area contributed by atoms with Crippen molar-refractivity contribution in [3.05, 3.63) is 72.1 Å². The SMILES string of the molecule is Cc1csc(C2N=CNC3=C2CC(Cc2csc(C4N=CNc5ccoc54)c2C)C3)c1C. The van der Waals surface area contributed by atoms with E-state index in [2.05, 4.69) is 47.2 Å². The Labute approximate surface area is 196 Å². The topological polar surface area (TPSA) is 61.9 Å². The summed E-state index contributed by atoms with van der Waals surface area (Å²) in [7, 11) is 0. The molecule has 164 valence electrons. The Morgan fingerprint density at radius 3 is 2.59 bits per heavy atom. The van der Waals surface area contributed by atoms with Gasteiger partial charge in [0, 0.05) is 21.5 Å². The highest BCUT2D eigenvalue weighted by Crippen LogP contribution is 2.46. The first-order valence-electron chi connectivity index (χ1n) is 11.1. The van der Waals surface area contributed by atoms with Crippen molar-refractivity contribution in [3.8, 4) is 0 Å². The number of nitrogens with one attached hydrogen (secondary N) is 2. The summed E-state index contributed by atoms with van der Waals surface area (Å²) in [6.45, 7) is 6.67. The van der Waals surface area contributed by atoms with Crippen LogP contribution in [0.3, 0.4) is 0 Å². The molecule has 2 aliphatic heterocycles. The zero-order valence-corrected chi connectivity index (χ0v) is 20.1. The Kier molecular flexibility index (Phi) is 4.84. The van der Waals surface area contributed by atoms with Gasteiger partial charge in [0.25, 0.3) is 0 Å². The van der Waals surface area contributed by atoms with E-state index in [1.54, 1.807) is 23.9 Å². The Morgan fingerprint density at radius 1 is 0.969 bits per heavy atom. The molecule has 3 atom stereocenters. The first kappa shape index (κ1) is 20.0. The standard InChI is InChI=1S/C25H26N4OS2/c1-13-9-31-24(14(13)2)21-18-7-16(8-20(18)27-12-28-21)6-17-10-32-25(15(17)3)22-23-19(4-5-30-23)26-11-29-22/h4-5,9-12,16,21-22H,6-8H2,1-3H3,(H,26,29)(H,27,28). The number of fused-ring (bicyclic) bond motifs is 1. The lowest BCUT2D eigenvalue weighted by atomic mass is 9.92. The van der Waals surface area contributed by atoms with Crippen LogP contribution in [0.5, 0.6) is 0 Å².